The highest BCUT2D eigenvalue weighted by Gasteiger charge is 2.32. The first-order valence-electron chi connectivity index (χ1n) is 26.1. The SMILES string of the molecule is [C-]#[N+]c1cc(C(F)(F)F)ccc1-c1c(-n2c3ccc(-c4ccc(C)cc4C)cc3c3cc(-c4ccc(C)cc4C)ccc32)cc(C#N)cc1-n1c2ccc(-c3ccc(C)cc3C)cc2c2cc(-c3ccc(C)cc3C)ccc21. The van der Waals surface area contributed by atoms with E-state index in [1.54, 1.807) is 0 Å². The largest absolute Gasteiger partial charge is 0.415 e. The van der Waals surface area contributed by atoms with Crippen LogP contribution in [-0.2, 0) is 6.18 Å². The van der Waals surface area contributed by atoms with E-state index in [4.69, 9.17) is 6.57 Å². The van der Waals surface area contributed by atoms with E-state index in [0.717, 1.165) is 123 Å². The number of benzene rings is 10. The number of hydrogen-bond donors (Lipinski definition) is 0. The van der Waals surface area contributed by atoms with E-state index < -0.39 is 11.7 Å². The lowest BCUT2D eigenvalue weighted by molar-refractivity contribution is -0.137. The predicted molar refractivity (Wildman–Crippen MR) is 316 cm³/mol. The summed E-state index contributed by atoms with van der Waals surface area (Å²) < 4.78 is 48.4. The van der Waals surface area contributed by atoms with Crippen LogP contribution in [-0.4, -0.2) is 9.13 Å². The third-order valence-electron chi connectivity index (χ3n) is 15.7. The van der Waals surface area contributed by atoms with Crippen molar-refractivity contribution in [2.75, 3.05) is 0 Å². The van der Waals surface area contributed by atoms with Crippen molar-refractivity contribution in [3.05, 3.63) is 243 Å². The Balaban J connectivity index is 1.23. The lowest BCUT2D eigenvalue weighted by Crippen LogP contribution is -2.07. The third kappa shape index (κ3) is 8.31. The average Bonchev–Trinajstić information content (AvgIpc) is 4.07. The van der Waals surface area contributed by atoms with E-state index in [2.05, 4.69) is 221 Å². The fourth-order valence-electron chi connectivity index (χ4n) is 12.1. The quantitative estimate of drug-likeness (QED) is 0.147. The molecule has 78 heavy (non-hydrogen) atoms. The van der Waals surface area contributed by atoms with E-state index in [9.17, 15) is 18.4 Å². The molecule has 0 unspecified atom stereocenters. The zero-order valence-corrected chi connectivity index (χ0v) is 44.7. The van der Waals surface area contributed by atoms with Crippen LogP contribution in [0.15, 0.2) is 176 Å². The lowest BCUT2D eigenvalue weighted by Gasteiger charge is -2.22. The maximum absolute atomic E-state index is 14.7. The number of halogens is 3. The molecular formula is C71H53F3N4. The van der Waals surface area contributed by atoms with Gasteiger partial charge in [0, 0.05) is 32.7 Å². The van der Waals surface area contributed by atoms with Crippen molar-refractivity contribution in [2.45, 2.75) is 61.6 Å². The van der Waals surface area contributed by atoms with Gasteiger partial charge >= 0.3 is 6.18 Å². The van der Waals surface area contributed by atoms with E-state index in [1.807, 2.05) is 12.1 Å². The minimum absolute atomic E-state index is 0.165. The number of aryl methyl sites for hydroxylation is 8. The van der Waals surface area contributed by atoms with Crippen LogP contribution in [0.5, 0.6) is 0 Å². The van der Waals surface area contributed by atoms with Crippen molar-refractivity contribution in [3.63, 3.8) is 0 Å². The topological polar surface area (TPSA) is 38.0 Å². The van der Waals surface area contributed by atoms with Crippen LogP contribution in [0.4, 0.5) is 18.9 Å². The Bertz CT molecular complexity index is 4140. The van der Waals surface area contributed by atoms with Gasteiger partial charge in [-0.05, 0) is 194 Å². The van der Waals surface area contributed by atoms with Gasteiger partial charge in [-0.2, -0.15) is 18.4 Å². The fourth-order valence-corrected chi connectivity index (χ4v) is 12.1. The summed E-state index contributed by atoms with van der Waals surface area (Å²) in [6.07, 6.45) is -4.70. The van der Waals surface area contributed by atoms with Crippen molar-refractivity contribution in [1.29, 1.82) is 5.26 Å². The van der Waals surface area contributed by atoms with Crippen molar-refractivity contribution in [1.82, 2.24) is 9.13 Å². The number of alkyl halides is 3. The molecule has 0 fully saturated rings. The van der Waals surface area contributed by atoms with Crippen LogP contribution in [0, 0.1) is 73.3 Å². The summed E-state index contributed by atoms with van der Waals surface area (Å²) in [6, 6.07) is 61.2. The van der Waals surface area contributed by atoms with Gasteiger partial charge in [-0.15, -0.1) is 0 Å². The van der Waals surface area contributed by atoms with Gasteiger partial charge in [-0.1, -0.05) is 131 Å². The van der Waals surface area contributed by atoms with Crippen LogP contribution in [0.2, 0.25) is 0 Å². The van der Waals surface area contributed by atoms with Gasteiger partial charge in [-0.25, -0.2) is 4.85 Å². The normalized spacial score (nSPS) is 11.8. The molecule has 10 aromatic carbocycles. The standard InChI is InChI=1S/C71H53F3N4/c1-40-10-19-54(44(5)28-40)49-14-24-64-59(34-49)60-35-50(55-20-11-41(2)29-45(55)6)15-25-65(60)77(64)68-32-48(39-75)33-69(70(68)58-23-18-53(71(72,73)74)38-63(58)76-9)78-66-26-16-51(56-21-12-42(3)30-46(56)7)36-61(66)62-37-52(17-27-67(62)78)57-22-13-43(4)31-47(57)8/h10-38H,1-8H3. The van der Waals surface area contributed by atoms with Crippen LogP contribution >= 0.6 is 0 Å². The molecular weight excluding hydrogens is 966 g/mol. The van der Waals surface area contributed by atoms with E-state index in [-0.39, 0.29) is 5.69 Å². The highest BCUT2D eigenvalue weighted by molar-refractivity contribution is 6.15. The first-order valence-corrected chi connectivity index (χ1v) is 26.1. The molecule has 0 atom stereocenters. The molecule has 378 valence electrons. The number of nitriles is 1. The molecule has 0 aliphatic rings. The van der Waals surface area contributed by atoms with Gasteiger partial charge in [0.05, 0.1) is 51.6 Å². The molecule has 4 nitrogen and oxygen atoms in total. The molecule has 12 aromatic rings. The number of fused-ring (bicyclic) bond motifs is 6. The maximum atomic E-state index is 14.7. The van der Waals surface area contributed by atoms with Gasteiger partial charge < -0.3 is 9.13 Å². The molecule has 0 aliphatic heterocycles. The highest BCUT2D eigenvalue weighted by atomic mass is 19.4. The Kier molecular flexibility index (Phi) is 11.8. The fraction of sp³-hybridized carbons (Fsp3) is 0.127. The second-order valence-corrected chi connectivity index (χ2v) is 21.2. The monoisotopic (exact) mass is 1020 g/mol. The van der Waals surface area contributed by atoms with Crippen LogP contribution in [0.3, 0.4) is 0 Å². The molecule has 2 heterocycles. The zero-order valence-electron chi connectivity index (χ0n) is 44.7. The summed E-state index contributed by atoms with van der Waals surface area (Å²) in [7, 11) is 0. The van der Waals surface area contributed by atoms with Crippen molar-refractivity contribution in [2.24, 2.45) is 0 Å². The summed E-state index contributed by atoms with van der Waals surface area (Å²) in [5, 5.41) is 15.0. The Morgan fingerprint density at radius 3 is 1.00 bits per heavy atom. The van der Waals surface area contributed by atoms with Crippen molar-refractivity contribution < 1.29 is 13.2 Å². The molecule has 2 aromatic heterocycles. The average molecular weight is 1020 g/mol. The number of hydrogen-bond acceptors (Lipinski definition) is 1. The van der Waals surface area contributed by atoms with Crippen molar-refractivity contribution >= 4 is 49.3 Å². The summed E-state index contributed by atoms with van der Waals surface area (Å²) in [5.41, 5.74) is 22.2. The van der Waals surface area contributed by atoms with Crippen LogP contribution < -0.4 is 0 Å². The molecule has 0 saturated carbocycles. The zero-order chi connectivity index (χ0) is 54.5. The molecule has 0 amide bonds. The molecule has 0 N–H and O–H groups in total. The van der Waals surface area contributed by atoms with E-state index >= 15 is 0 Å². The van der Waals surface area contributed by atoms with Crippen LogP contribution in [0.1, 0.15) is 55.6 Å². The molecule has 0 saturated heterocycles. The molecule has 12 rings (SSSR count). The van der Waals surface area contributed by atoms with E-state index in [1.165, 1.54) is 28.3 Å². The minimum atomic E-state index is -4.70. The highest BCUT2D eigenvalue weighted by Crippen LogP contribution is 2.48. The summed E-state index contributed by atoms with van der Waals surface area (Å²) >= 11 is 0. The number of aromatic nitrogens is 2. The predicted octanol–water partition coefficient (Wildman–Crippen LogP) is 20.1. The number of rotatable bonds is 7. The van der Waals surface area contributed by atoms with Gasteiger partial charge in [0.15, 0.2) is 5.69 Å². The van der Waals surface area contributed by atoms with Gasteiger partial charge in [0.2, 0.25) is 0 Å². The Morgan fingerprint density at radius 2 is 0.718 bits per heavy atom. The third-order valence-corrected chi connectivity index (χ3v) is 15.7. The summed E-state index contributed by atoms with van der Waals surface area (Å²) in [5.74, 6) is 0. The van der Waals surface area contributed by atoms with Crippen molar-refractivity contribution in [3.8, 4) is 73.1 Å². The van der Waals surface area contributed by atoms with Gasteiger partial charge in [0.1, 0.15) is 0 Å². The maximum Gasteiger partial charge on any atom is 0.415 e. The molecule has 0 radical (unpaired) electrons. The summed E-state index contributed by atoms with van der Waals surface area (Å²) in [4.78, 5) is 3.86. The van der Waals surface area contributed by atoms with Gasteiger partial charge in [-0.3, -0.25) is 0 Å². The first kappa shape index (κ1) is 49.4. The smallest absolute Gasteiger partial charge is 0.309 e. The second kappa shape index (κ2) is 18.7. The molecule has 0 bridgehead atoms. The molecule has 7 heteroatoms. The van der Waals surface area contributed by atoms with Gasteiger partial charge in [0.25, 0.3) is 0 Å². The molecule has 0 aliphatic carbocycles. The number of nitrogens with zero attached hydrogens (tertiary/aromatic N) is 4. The second-order valence-electron chi connectivity index (χ2n) is 21.2. The Morgan fingerprint density at radius 1 is 0.397 bits per heavy atom. The minimum Gasteiger partial charge on any atom is -0.309 e. The van der Waals surface area contributed by atoms with E-state index in [0.29, 0.717) is 28.1 Å². The first-order chi connectivity index (χ1) is 37.5. The summed E-state index contributed by atoms with van der Waals surface area (Å²) in [6.45, 7) is 25.4. The Labute approximate surface area is 452 Å². The Hall–Kier alpha value is -9.43. The van der Waals surface area contributed by atoms with Crippen LogP contribution in [0.25, 0.3) is 115 Å². The molecule has 0 spiro atoms. The lowest BCUT2D eigenvalue weighted by atomic mass is 9.95.